The molecule has 2 bridgehead atoms. The Bertz CT molecular complexity index is 1540. The predicted octanol–water partition coefficient (Wildman–Crippen LogP) is 4.42. The van der Waals surface area contributed by atoms with Crippen molar-refractivity contribution in [3.05, 3.63) is 78.4 Å². The summed E-state index contributed by atoms with van der Waals surface area (Å²) in [5.74, 6) is -1.36. The van der Waals surface area contributed by atoms with Gasteiger partial charge < -0.3 is 9.64 Å². The monoisotopic (exact) mass is 506 g/mol. The molecule has 38 heavy (non-hydrogen) atoms. The Labute approximate surface area is 219 Å². The van der Waals surface area contributed by atoms with Crippen LogP contribution in [0.2, 0.25) is 0 Å². The van der Waals surface area contributed by atoms with Crippen molar-refractivity contribution in [2.24, 2.45) is 29.6 Å². The average molecular weight is 507 g/mol. The predicted molar refractivity (Wildman–Crippen MR) is 141 cm³/mol. The van der Waals surface area contributed by atoms with E-state index in [1.807, 2.05) is 42.5 Å². The molecule has 0 aromatic heterocycles. The molecule has 1 saturated carbocycles. The summed E-state index contributed by atoms with van der Waals surface area (Å²) in [4.78, 5) is 55.3. The summed E-state index contributed by atoms with van der Waals surface area (Å²) in [5.41, 5.74) is 2.00. The van der Waals surface area contributed by atoms with Gasteiger partial charge >= 0.3 is 5.97 Å². The first-order valence-corrected chi connectivity index (χ1v) is 13.1. The van der Waals surface area contributed by atoms with Gasteiger partial charge in [-0.25, -0.2) is 4.90 Å². The van der Waals surface area contributed by atoms with Crippen molar-refractivity contribution in [3.63, 3.8) is 0 Å². The molecule has 0 unspecified atom stereocenters. The van der Waals surface area contributed by atoms with Gasteiger partial charge in [-0.15, -0.1) is 0 Å². The first kappa shape index (κ1) is 22.9. The van der Waals surface area contributed by atoms with Gasteiger partial charge in [-0.05, 0) is 60.4 Å². The lowest BCUT2D eigenvalue weighted by Crippen LogP contribution is -2.33. The van der Waals surface area contributed by atoms with Crippen molar-refractivity contribution in [2.75, 3.05) is 16.3 Å². The lowest BCUT2D eigenvalue weighted by Gasteiger charge is -2.20. The van der Waals surface area contributed by atoms with Crippen molar-refractivity contribution in [1.29, 1.82) is 0 Å². The molecule has 2 aliphatic heterocycles. The lowest BCUT2D eigenvalue weighted by atomic mass is 9.85. The molecule has 190 valence electrons. The van der Waals surface area contributed by atoms with Crippen LogP contribution in [0.4, 0.5) is 11.4 Å². The average Bonchev–Trinajstić information content (AvgIpc) is 3.68. The van der Waals surface area contributed by atoms with E-state index in [0.29, 0.717) is 17.0 Å². The van der Waals surface area contributed by atoms with Crippen LogP contribution in [-0.2, 0) is 19.2 Å². The molecule has 3 fully saturated rings. The zero-order valence-electron chi connectivity index (χ0n) is 20.9. The van der Waals surface area contributed by atoms with E-state index in [9.17, 15) is 19.2 Å². The fourth-order valence-corrected chi connectivity index (χ4v) is 6.82. The summed E-state index contributed by atoms with van der Waals surface area (Å²) in [6.45, 7) is 2.05. The number of esters is 1. The molecule has 7 heteroatoms. The summed E-state index contributed by atoms with van der Waals surface area (Å²) < 4.78 is 5.67. The second-order valence-corrected chi connectivity index (χ2v) is 10.8. The second kappa shape index (κ2) is 8.38. The summed E-state index contributed by atoms with van der Waals surface area (Å²) in [7, 11) is 0. The summed E-state index contributed by atoms with van der Waals surface area (Å²) in [6.07, 6.45) is 5.11. The number of allylic oxidation sites excluding steroid dienone is 2. The maximum Gasteiger partial charge on any atom is 0.316 e. The van der Waals surface area contributed by atoms with Crippen LogP contribution in [-0.4, -0.2) is 30.2 Å². The summed E-state index contributed by atoms with van der Waals surface area (Å²) in [6, 6.07) is 18.6. The number of carbonyl (C=O) groups is 4. The van der Waals surface area contributed by atoms with Crippen LogP contribution < -0.4 is 14.5 Å². The molecule has 2 heterocycles. The molecule has 3 aromatic rings. The minimum Gasteiger partial charge on any atom is -0.426 e. The minimum atomic E-state index is -0.592. The van der Waals surface area contributed by atoms with Crippen molar-refractivity contribution >= 4 is 45.8 Å². The summed E-state index contributed by atoms with van der Waals surface area (Å²) in [5, 5.41) is 1.99. The third kappa shape index (κ3) is 3.34. The Morgan fingerprint density at radius 3 is 2.32 bits per heavy atom. The fraction of sp³-hybridized carbons (Fsp3) is 0.290. The van der Waals surface area contributed by atoms with E-state index in [1.54, 1.807) is 30.0 Å². The van der Waals surface area contributed by atoms with Gasteiger partial charge in [0.25, 0.3) is 0 Å². The number of hydrogen-bond acceptors (Lipinski definition) is 5. The van der Waals surface area contributed by atoms with Gasteiger partial charge in [0.05, 0.1) is 29.1 Å². The largest absolute Gasteiger partial charge is 0.426 e. The van der Waals surface area contributed by atoms with E-state index in [0.717, 1.165) is 22.9 Å². The molecular formula is C31H26N2O5. The molecule has 4 aliphatic rings. The topological polar surface area (TPSA) is 84.0 Å². The van der Waals surface area contributed by atoms with Crippen molar-refractivity contribution < 1.29 is 23.9 Å². The molecule has 2 aliphatic carbocycles. The van der Waals surface area contributed by atoms with E-state index in [2.05, 4.69) is 12.2 Å². The Balaban J connectivity index is 1.07. The number of imide groups is 1. The van der Waals surface area contributed by atoms with Crippen LogP contribution in [0.1, 0.15) is 18.4 Å². The van der Waals surface area contributed by atoms with E-state index >= 15 is 0 Å². The van der Waals surface area contributed by atoms with Gasteiger partial charge in [-0.1, -0.05) is 48.6 Å². The van der Waals surface area contributed by atoms with Crippen LogP contribution in [0.3, 0.4) is 0 Å². The van der Waals surface area contributed by atoms with Crippen LogP contribution in [0.5, 0.6) is 5.75 Å². The first-order chi connectivity index (χ1) is 18.4. The number of hydrogen-bond donors (Lipinski definition) is 0. The molecule has 0 N–H and O–H groups in total. The number of anilines is 2. The Hall–Kier alpha value is -4.26. The third-order valence-electron chi connectivity index (χ3n) is 8.61. The van der Waals surface area contributed by atoms with Gasteiger partial charge in [0.15, 0.2) is 0 Å². The molecule has 7 rings (SSSR count). The minimum absolute atomic E-state index is 0.0784. The van der Waals surface area contributed by atoms with Crippen molar-refractivity contribution in [3.8, 4) is 5.75 Å². The normalized spacial score (nSPS) is 27.6. The SMILES string of the molecule is Cc1cc(OC(=O)[C@H]2CC(=O)N(c3cccc4ccccc34)C2)ccc1N1C(=O)[C@@H]2[C@H](C1=O)[C@H]1C=C[C@H]2C1. The second-order valence-electron chi connectivity index (χ2n) is 10.8. The molecule has 3 aromatic carbocycles. The zero-order chi connectivity index (χ0) is 26.1. The van der Waals surface area contributed by atoms with Gasteiger partial charge in [0.2, 0.25) is 17.7 Å². The fourth-order valence-electron chi connectivity index (χ4n) is 6.82. The number of benzene rings is 3. The number of ether oxygens (including phenoxy) is 1. The summed E-state index contributed by atoms with van der Waals surface area (Å²) >= 11 is 0. The molecule has 3 amide bonds. The molecule has 2 saturated heterocycles. The number of carbonyl (C=O) groups excluding carboxylic acids is 4. The van der Waals surface area contributed by atoms with Gasteiger partial charge in [-0.3, -0.25) is 19.2 Å². The van der Waals surface area contributed by atoms with Crippen LogP contribution in [0.25, 0.3) is 10.8 Å². The number of nitrogens with zero attached hydrogens (tertiary/aromatic N) is 2. The molecule has 5 atom stereocenters. The van der Waals surface area contributed by atoms with Crippen LogP contribution >= 0.6 is 0 Å². The highest BCUT2D eigenvalue weighted by Crippen LogP contribution is 2.53. The first-order valence-electron chi connectivity index (χ1n) is 13.1. The Morgan fingerprint density at radius 2 is 1.58 bits per heavy atom. The van der Waals surface area contributed by atoms with E-state index in [-0.39, 0.29) is 54.4 Å². The van der Waals surface area contributed by atoms with Crippen molar-refractivity contribution in [2.45, 2.75) is 19.8 Å². The van der Waals surface area contributed by atoms with Crippen LogP contribution in [0.15, 0.2) is 72.8 Å². The lowest BCUT2D eigenvalue weighted by molar-refractivity contribution is -0.139. The van der Waals surface area contributed by atoms with E-state index in [4.69, 9.17) is 4.74 Å². The van der Waals surface area contributed by atoms with Gasteiger partial charge in [-0.2, -0.15) is 0 Å². The highest BCUT2D eigenvalue weighted by atomic mass is 16.5. The van der Waals surface area contributed by atoms with E-state index < -0.39 is 11.9 Å². The maximum atomic E-state index is 13.2. The van der Waals surface area contributed by atoms with Gasteiger partial charge in [0, 0.05) is 18.4 Å². The standard InChI is InChI=1S/C31H26N2O5/c1-17-13-22(11-12-24(17)33-29(35)27-19-9-10-20(14-19)28(27)30(33)36)38-31(37)21-15-26(34)32(16-21)25-8-4-6-18-5-2-3-7-23(18)25/h2-13,19-21,27-28H,14-16H2,1H3/t19-,20-,21-,27-,28+/m0/s1. The van der Waals surface area contributed by atoms with Crippen molar-refractivity contribution in [1.82, 2.24) is 0 Å². The van der Waals surface area contributed by atoms with E-state index in [1.165, 1.54) is 4.90 Å². The quantitative estimate of drug-likeness (QED) is 0.226. The number of fused-ring (bicyclic) bond motifs is 6. The maximum absolute atomic E-state index is 13.2. The zero-order valence-corrected chi connectivity index (χ0v) is 20.9. The molecule has 7 nitrogen and oxygen atoms in total. The highest BCUT2D eigenvalue weighted by molar-refractivity contribution is 6.23. The Kier molecular flexibility index (Phi) is 5.05. The van der Waals surface area contributed by atoms with Crippen LogP contribution in [0, 0.1) is 36.5 Å². The number of aryl methyl sites for hydroxylation is 1. The molecule has 0 spiro atoms. The molecular weight excluding hydrogens is 480 g/mol. The molecule has 0 radical (unpaired) electrons. The highest BCUT2D eigenvalue weighted by Gasteiger charge is 2.59. The Morgan fingerprint density at radius 1 is 0.868 bits per heavy atom. The number of amides is 3. The van der Waals surface area contributed by atoms with Gasteiger partial charge in [0.1, 0.15) is 5.75 Å². The smallest absolute Gasteiger partial charge is 0.316 e. The number of rotatable bonds is 4. The third-order valence-corrected chi connectivity index (χ3v) is 8.61.